The summed E-state index contributed by atoms with van der Waals surface area (Å²) in [6.45, 7) is 10.4. The molecular weight excluding hydrogens is 204 g/mol. The van der Waals surface area contributed by atoms with E-state index in [9.17, 15) is 4.79 Å². The van der Waals surface area contributed by atoms with Gasteiger partial charge >= 0.3 is 5.97 Å². The first-order valence-electron chi connectivity index (χ1n) is 6.28. The van der Waals surface area contributed by atoms with Crippen LogP contribution in [0.1, 0.15) is 66.7 Å². The van der Waals surface area contributed by atoms with Crippen molar-refractivity contribution >= 4 is 5.97 Å². The molecule has 0 N–H and O–H groups in total. The average Bonchev–Trinajstić information content (AvgIpc) is 2.19. The molecule has 0 aromatic carbocycles. The molecule has 0 bridgehead atoms. The first kappa shape index (κ1) is 15.4. The Morgan fingerprint density at radius 3 is 2.25 bits per heavy atom. The highest BCUT2D eigenvalue weighted by Crippen LogP contribution is 2.26. The minimum atomic E-state index is -0.257. The van der Waals surface area contributed by atoms with E-state index in [1.165, 1.54) is 0 Å². The van der Waals surface area contributed by atoms with E-state index in [1.807, 2.05) is 6.92 Å². The van der Waals surface area contributed by atoms with Crippen LogP contribution in [0, 0.1) is 5.41 Å². The van der Waals surface area contributed by atoms with Crippen LogP contribution < -0.4 is 0 Å². The maximum Gasteiger partial charge on any atom is 0.342 e. The molecule has 0 aromatic rings. The van der Waals surface area contributed by atoms with Gasteiger partial charge in [0.15, 0.2) is 0 Å². The number of hydrogen-bond acceptors (Lipinski definition) is 3. The van der Waals surface area contributed by atoms with E-state index in [2.05, 4.69) is 27.7 Å². The largest absolute Gasteiger partial charge is 0.342 e. The highest BCUT2D eigenvalue weighted by Gasteiger charge is 2.26. The minimum Gasteiger partial charge on any atom is -0.298 e. The smallest absolute Gasteiger partial charge is 0.298 e. The molecule has 0 spiro atoms. The second-order valence-corrected chi connectivity index (χ2v) is 5.30. The predicted octanol–water partition coefficient (Wildman–Crippen LogP) is 3.87. The lowest BCUT2D eigenvalue weighted by Crippen LogP contribution is -2.30. The molecule has 16 heavy (non-hydrogen) atoms. The Balaban J connectivity index is 3.97. The zero-order valence-electron chi connectivity index (χ0n) is 11.3. The first-order chi connectivity index (χ1) is 7.41. The van der Waals surface area contributed by atoms with Gasteiger partial charge in [0.05, 0.1) is 0 Å². The summed E-state index contributed by atoms with van der Waals surface area (Å²) in [5, 5.41) is 0. The van der Waals surface area contributed by atoms with E-state index in [4.69, 9.17) is 9.78 Å². The van der Waals surface area contributed by atoms with Crippen molar-refractivity contribution in [3.05, 3.63) is 0 Å². The van der Waals surface area contributed by atoms with E-state index in [1.54, 1.807) is 0 Å². The molecule has 0 aliphatic rings. The molecule has 0 aromatic heterocycles. The van der Waals surface area contributed by atoms with E-state index in [0.717, 1.165) is 25.7 Å². The molecule has 1 atom stereocenters. The first-order valence-corrected chi connectivity index (χ1v) is 6.28. The molecule has 0 heterocycles. The molecule has 0 aliphatic heterocycles. The van der Waals surface area contributed by atoms with Crippen LogP contribution >= 0.6 is 0 Å². The fourth-order valence-corrected chi connectivity index (χ4v) is 1.36. The summed E-state index contributed by atoms with van der Waals surface area (Å²) in [4.78, 5) is 21.4. The molecule has 96 valence electrons. The van der Waals surface area contributed by atoms with Gasteiger partial charge in [-0.15, -0.1) is 0 Å². The van der Waals surface area contributed by atoms with Gasteiger partial charge in [0.25, 0.3) is 0 Å². The van der Waals surface area contributed by atoms with Gasteiger partial charge in [0.2, 0.25) is 0 Å². The normalized spacial score (nSPS) is 13.6. The summed E-state index contributed by atoms with van der Waals surface area (Å²) >= 11 is 0. The van der Waals surface area contributed by atoms with Crippen LogP contribution in [0.5, 0.6) is 0 Å². The maximum atomic E-state index is 11.3. The van der Waals surface area contributed by atoms with Crippen LogP contribution in [-0.4, -0.2) is 12.1 Å². The van der Waals surface area contributed by atoms with Gasteiger partial charge in [-0.3, -0.25) is 4.89 Å². The molecule has 0 fully saturated rings. The van der Waals surface area contributed by atoms with Crippen LogP contribution in [0.3, 0.4) is 0 Å². The van der Waals surface area contributed by atoms with Crippen molar-refractivity contribution in [1.82, 2.24) is 0 Å². The van der Waals surface area contributed by atoms with Crippen molar-refractivity contribution in [2.75, 3.05) is 0 Å². The van der Waals surface area contributed by atoms with Gasteiger partial charge in [-0.05, 0) is 18.3 Å². The Kier molecular flexibility index (Phi) is 7.39. The summed E-state index contributed by atoms with van der Waals surface area (Å²) in [5.74, 6) is -0.257. The van der Waals surface area contributed by atoms with Crippen molar-refractivity contribution in [3.63, 3.8) is 0 Å². The van der Waals surface area contributed by atoms with Crippen molar-refractivity contribution in [1.29, 1.82) is 0 Å². The lowest BCUT2D eigenvalue weighted by atomic mass is 9.87. The van der Waals surface area contributed by atoms with Gasteiger partial charge in [-0.25, -0.2) is 4.79 Å². The second kappa shape index (κ2) is 7.66. The molecule has 0 saturated heterocycles. The number of carbonyl (C=O) groups excluding carboxylic acids is 1. The molecule has 0 amide bonds. The minimum absolute atomic E-state index is 0.00104. The summed E-state index contributed by atoms with van der Waals surface area (Å²) < 4.78 is 0. The Morgan fingerprint density at radius 2 is 1.81 bits per heavy atom. The third-order valence-electron chi connectivity index (χ3n) is 2.51. The molecule has 3 nitrogen and oxygen atoms in total. The van der Waals surface area contributed by atoms with Gasteiger partial charge in [-0.1, -0.05) is 47.5 Å². The number of carbonyl (C=O) groups is 1. The van der Waals surface area contributed by atoms with Gasteiger partial charge in [-0.2, -0.15) is 4.89 Å². The van der Waals surface area contributed by atoms with Crippen molar-refractivity contribution in [3.8, 4) is 0 Å². The average molecular weight is 230 g/mol. The van der Waals surface area contributed by atoms with Gasteiger partial charge in [0, 0.05) is 6.42 Å². The van der Waals surface area contributed by atoms with Crippen molar-refractivity contribution < 1.29 is 14.6 Å². The fourth-order valence-electron chi connectivity index (χ4n) is 1.36. The SMILES string of the molecule is CCCCC(=O)OOC(CCC)C(C)(C)C. The number of unbranched alkanes of at least 4 members (excludes halogenated alkanes) is 1. The highest BCUT2D eigenvalue weighted by atomic mass is 17.2. The lowest BCUT2D eigenvalue weighted by Gasteiger charge is -2.28. The van der Waals surface area contributed by atoms with Crippen LogP contribution in [0.4, 0.5) is 0 Å². The highest BCUT2D eigenvalue weighted by molar-refractivity contribution is 5.68. The molecular formula is C13H26O3. The molecule has 1 unspecified atom stereocenters. The summed E-state index contributed by atoms with van der Waals surface area (Å²) in [6.07, 6.45) is 4.20. The summed E-state index contributed by atoms with van der Waals surface area (Å²) in [6, 6.07) is 0. The van der Waals surface area contributed by atoms with Crippen LogP contribution in [0.2, 0.25) is 0 Å². The molecule has 0 saturated carbocycles. The van der Waals surface area contributed by atoms with Crippen molar-refractivity contribution in [2.45, 2.75) is 72.8 Å². The maximum absolute atomic E-state index is 11.3. The van der Waals surface area contributed by atoms with E-state index in [-0.39, 0.29) is 17.5 Å². The van der Waals surface area contributed by atoms with Crippen molar-refractivity contribution in [2.24, 2.45) is 5.41 Å². The van der Waals surface area contributed by atoms with Crippen LogP contribution in [0.25, 0.3) is 0 Å². The quantitative estimate of drug-likeness (QED) is 0.492. The zero-order chi connectivity index (χ0) is 12.6. The monoisotopic (exact) mass is 230 g/mol. The van der Waals surface area contributed by atoms with E-state index < -0.39 is 0 Å². The summed E-state index contributed by atoms with van der Waals surface area (Å²) in [5.41, 5.74) is 0.00104. The molecule has 0 aliphatic carbocycles. The molecule has 0 radical (unpaired) electrons. The second-order valence-electron chi connectivity index (χ2n) is 5.30. The zero-order valence-corrected chi connectivity index (χ0v) is 11.3. The van der Waals surface area contributed by atoms with Gasteiger partial charge < -0.3 is 0 Å². The van der Waals surface area contributed by atoms with Crippen LogP contribution in [0.15, 0.2) is 0 Å². The Bertz CT molecular complexity index is 194. The Morgan fingerprint density at radius 1 is 1.19 bits per heavy atom. The molecule has 3 heteroatoms. The lowest BCUT2D eigenvalue weighted by molar-refractivity contribution is -0.315. The standard InChI is InChI=1S/C13H26O3/c1-6-8-10-12(14)16-15-11(9-7-2)13(3,4)5/h11H,6-10H2,1-5H3. The van der Waals surface area contributed by atoms with Gasteiger partial charge in [0.1, 0.15) is 6.10 Å². The Hall–Kier alpha value is -0.570. The number of hydrogen-bond donors (Lipinski definition) is 0. The van der Waals surface area contributed by atoms with Crippen LogP contribution in [-0.2, 0) is 14.6 Å². The number of rotatable bonds is 7. The Labute approximate surface area is 99.4 Å². The van der Waals surface area contributed by atoms with E-state index in [0.29, 0.717) is 6.42 Å². The third-order valence-corrected chi connectivity index (χ3v) is 2.51. The molecule has 0 rings (SSSR count). The van der Waals surface area contributed by atoms with E-state index >= 15 is 0 Å². The fraction of sp³-hybridized carbons (Fsp3) is 0.923. The topological polar surface area (TPSA) is 35.5 Å². The summed E-state index contributed by atoms with van der Waals surface area (Å²) in [7, 11) is 0. The predicted molar refractivity (Wildman–Crippen MR) is 64.9 cm³/mol. The third kappa shape index (κ3) is 6.83.